The fourth-order valence-electron chi connectivity index (χ4n) is 2.14. The Balaban J connectivity index is 0.00000220. The van der Waals surface area contributed by atoms with E-state index in [2.05, 4.69) is 10.6 Å². The van der Waals surface area contributed by atoms with Gasteiger partial charge in [0.2, 0.25) is 5.91 Å². The van der Waals surface area contributed by atoms with Crippen molar-refractivity contribution < 1.29 is 13.2 Å². The normalized spacial score (nSPS) is 18.6. The molecule has 1 aromatic rings. The Labute approximate surface area is 135 Å². The predicted octanol–water partition coefficient (Wildman–Crippen LogP) is 1.40. The summed E-state index contributed by atoms with van der Waals surface area (Å²) in [5.41, 5.74) is 0. The maximum atomic E-state index is 12.1. The third-order valence-corrected chi connectivity index (χ3v) is 5.04. The average Bonchev–Trinajstić information content (AvgIpc) is 2.39. The van der Waals surface area contributed by atoms with Gasteiger partial charge < -0.3 is 10.6 Å². The zero-order valence-corrected chi connectivity index (χ0v) is 13.7. The number of hydrogen-bond acceptors (Lipinski definition) is 4. The van der Waals surface area contributed by atoms with E-state index in [0.717, 1.165) is 19.4 Å². The van der Waals surface area contributed by atoms with Crippen molar-refractivity contribution in [3.8, 4) is 0 Å². The highest BCUT2D eigenvalue weighted by atomic mass is 35.5. The SMILES string of the molecule is Cl.O=C(CS(=O)(=O)c1ccc(Cl)cc1)NC1CCCNC1. The molecule has 1 heterocycles. The average molecular weight is 353 g/mol. The molecule has 8 heteroatoms. The number of amides is 1. The summed E-state index contributed by atoms with van der Waals surface area (Å²) in [4.78, 5) is 11.9. The smallest absolute Gasteiger partial charge is 0.235 e. The van der Waals surface area contributed by atoms with Gasteiger partial charge in [0.15, 0.2) is 9.84 Å². The second kappa shape index (κ2) is 7.98. The topological polar surface area (TPSA) is 75.3 Å². The summed E-state index contributed by atoms with van der Waals surface area (Å²) < 4.78 is 24.2. The van der Waals surface area contributed by atoms with Gasteiger partial charge in [-0.1, -0.05) is 11.6 Å². The Morgan fingerprint density at radius 3 is 2.57 bits per heavy atom. The molecule has 21 heavy (non-hydrogen) atoms. The van der Waals surface area contributed by atoms with Crippen molar-refractivity contribution in [1.29, 1.82) is 0 Å². The van der Waals surface area contributed by atoms with Crippen molar-refractivity contribution in [2.75, 3.05) is 18.8 Å². The lowest BCUT2D eigenvalue weighted by Crippen LogP contribution is -2.47. The molecule has 1 saturated heterocycles. The summed E-state index contributed by atoms with van der Waals surface area (Å²) in [7, 11) is -3.62. The van der Waals surface area contributed by atoms with Crippen molar-refractivity contribution in [2.45, 2.75) is 23.8 Å². The minimum absolute atomic E-state index is 0. The fourth-order valence-corrected chi connectivity index (χ4v) is 3.41. The van der Waals surface area contributed by atoms with Crippen molar-refractivity contribution in [3.05, 3.63) is 29.3 Å². The van der Waals surface area contributed by atoms with E-state index in [1.165, 1.54) is 24.3 Å². The van der Waals surface area contributed by atoms with Crippen LogP contribution in [0.3, 0.4) is 0 Å². The number of hydrogen-bond donors (Lipinski definition) is 2. The summed E-state index contributed by atoms with van der Waals surface area (Å²) in [5.74, 6) is -1.00. The molecule has 1 unspecified atom stereocenters. The summed E-state index contributed by atoms with van der Waals surface area (Å²) in [5, 5.41) is 6.37. The van der Waals surface area contributed by atoms with E-state index in [1.54, 1.807) is 0 Å². The summed E-state index contributed by atoms with van der Waals surface area (Å²) in [6.45, 7) is 1.63. The largest absolute Gasteiger partial charge is 0.351 e. The van der Waals surface area contributed by atoms with Gasteiger partial charge in [0.05, 0.1) is 4.90 Å². The van der Waals surface area contributed by atoms with Crippen LogP contribution in [0.2, 0.25) is 5.02 Å². The molecule has 1 fully saturated rings. The Bertz CT molecular complexity index is 570. The zero-order chi connectivity index (χ0) is 14.6. The second-order valence-electron chi connectivity index (χ2n) is 4.82. The highest BCUT2D eigenvalue weighted by molar-refractivity contribution is 7.92. The van der Waals surface area contributed by atoms with Gasteiger partial charge in [-0.25, -0.2) is 8.42 Å². The molecule has 1 aliphatic rings. The third kappa shape index (κ3) is 5.47. The minimum Gasteiger partial charge on any atom is -0.351 e. The first-order chi connectivity index (χ1) is 9.47. The number of nitrogens with one attached hydrogen (secondary N) is 2. The van der Waals surface area contributed by atoms with E-state index in [1.807, 2.05) is 0 Å². The number of rotatable bonds is 4. The van der Waals surface area contributed by atoms with Gasteiger partial charge in [0, 0.05) is 17.6 Å². The predicted molar refractivity (Wildman–Crippen MR) is 84.8 cm³/mol. The standard InChI is InChI=1S/C13H17ClN2O3S.ClH/c14-10-3-5-12(6-4-10)20(18,19)9-13(17)16-11-2-1-7-15-8-11;/h3-6,11,15H,1-2,7-9H2,(H,16,17);1H. The van der Waals surface area contributed by atoms with Gasteiger partial charge in [-0.05, 0) is 43.7 Å². The van der Waals surface area contributed by atoms with Crippen LogP contribution in [-0.2, 0) is 14.6 Å². The van der Waals surface area contributed by atoms with Gasteiger partial charge in [-0.3, -0.25) is 4.79 Å². The lowest BCUT2D eigenvalue weighted by atomic mass is 10.1. The first-order valence-corrected chi connectivity index (χ1v) is 8.49. The molecule has 0 saturated carbocycles. The van der Waals surface area contributed by atoms with Crippen molar-refractivity contribution in [1.82, 2.24) is 10.6 Å². The Kier molecular flexibility index (Phi) is 6.93. The van der Waals surface area contributed by atoms with Crippen LogP contribution in [0.5, 0.6) is 0 Å². The third-order valence-electron chi connectivity index (χ3n) is 3.16. The van der Waals surface area contributed by atoms with Gasteiger partial charge in [-0.2, -0.15) is 0 Å². The Hall–Kier alpha value is -0.820. The number of carbonyl (C=O) groups excluding carboxylic acids is 1. The van der Waals surface area contributed by atoms with Crippen LogP contribution in [0, 0.1) is 0 Å². The van der Waals surface area contributed by atoms with Crippen LogP contribution < -0.4 is 10.6 Å². The fraction of sp³-hybridized carbons (Fsp3) is 0.462. The first kappa shape index (κ1) is 18.2. The van der Waals surface area contributed by atoms with Crippen LogP contribution in [-0.4, -0.2) is 39.2 Å². The van der Waals surface area contributed by atoms with E-state index in [0.29, 0.717) is 11.6 Å². The number of benzene rings is 1. The molecule has 0 radical (unpaired) electrons. The van der Waals surface area contributed by atoms with Gasteiger partial charge in [-0.15, -0.1) is 12.4 Å². The van der Waals surface area contributed by atoms with Crippen LogP contribution >= 0.6 is 24.0 Å². The molecule has 1 aromatic carbocycles. The molecule has 0 spiro atoms. The highest BCUT2D eigenvalue weighted by Gasteiger charge is 2.22. The lowest BCUT2D eigenvalue weighted by Gasteiger charge is -2.23. The summed E-state index contributed by atoms with van der Waals surface area (Å²) >= 11 is 5.72. The Morgan fingerprint density at radius 1 is 1.33 bits per heavy atom. The molecule has 2 N–H and O–H groups in total. The maximum Gasteiger partial charge on any atom is 0.235 e. The van der Waals surface area contributed by atoms with E-state index < -0.39 is 21.5 Å². The summed E-state index contributed by atoms with van der Waals surface area (Å²) in [6.07, 6.45) is 1.86. The van der Waals surface area contributed by atoms with Crippen LogP contribution in [0.15, 0.2) is 29.2 Å². The highest BCUT2D eigenvalue weighted by Crippen LogP contribution is 2.15. The lowest BCUT2D eigenvalue weighted by molar-refractivity contribution is -0.119. The van der Waals surface area contributed by atoms with Gasteiger partial charge >= 0.3 is 0 Å². The molecule has 118 valence electrons. The molecule has 1 aliphatic heterocycles. The van der Waals surface area contributed by atoms with Gasteiger partial charge in [0.1, 0.15) is 5.75 Å². The quantitative estimate of drug-likeness (QED) is 0.858. The number of halogens is 2. The number of piperidine rings is 1. The molecule has 2 rings (SSSR count). The molecule has 0 aliphatic carbocycles. The monoisotopic (exact) mass is 352 g/mol. The number of carbonyl (C=O) groups is 1. The molecule has 1 amide bonds. The number of sulfone groups is 1. The Morgan fingerprint density at radius 2 is 2.00 bits per heavy atom. The van der Waals surface area contributed by atoms with E-state index in [-0.39, 0.29) is 23.3 Å². The zero-order valence-electron chi connectivity index (χ0n) is 11.3. The second-order valence-corrected chi connectivity index (χ2v) is 7.25. The molecule has 0 bridgehead atoms. The van der Waals surface area contributed by atoms with Crippen molar-refractivity contribution in [3.63, 3.8) is 0 Å². The van der Waals surface area contributed by atoms with E-state index in [9.17, 15) is 13.2 Å². The van der Waals surface area contributed by atoms with E-state index >= 15 is 0 Å². The van der Waals surface area contributed by atoms with Crippen molar-refractivity contribution >= 4 is 39.8 Å². The van der Waals surface area contributed by atoms with E-state index in [4.69, 9.17) is 11.6 Å². The summed E-state index contributed by atoms with van der Waals surface area (Å²) in [6, 6.07) is 5.83. The van der Waals surface area contributed by atoms with Crippen LogP contribution in [0.1, 0.15) is 12.8 Å². The first-order valence-electron chi connectivity index (χ1n) is 6.46. The van der Waals surface area contributed by atoms with Crippen LogP contribution in [0.4, 0.5) is 0 Å². The molecule has 0 aromatic heterocycles. The van der Waals surface area contributed by atoms with Crippen LogP contribution in [0.25, 0.3) is 0 Å². The minimum atomic E-state index is -3.62. The molecular weight excluding hydrogens is 335 g/mol. The molecular formula is C13H18Cl2N2O3S. The van der Waals surface area contributed by atoms with Gasteiger partial charge in [0.25, 0.3) is 0 Å². The molecule has 5 nitrogen and oxygen atoms in total. The molecule has 1 atom stereocenters. The maximum absolute atomic E-state index is 12.1. The van der Waals surface area contributed by atoms with Crippen molar-refractivity contribution in [2.24, 2.45) is 0 Å².